The lowest BCUT2D eigenvalue weighted by Crippen LogP contribution is -2.61. The summed E-state index contributed by atoms with van der Waals surface area (Å²) < 4.78 is 13.5. The maximum Gasteiger partial charge on any atom is 0.123 e. The van der Waals surface area contributed by atoms with E-state index in [1.165, 1.54) is 6.07 Å². The Morgan fingerprint density at radius 3 is 2.38 bits per heavy atom. The first-order chi connectivity index (χ1) is 9.71. The third-order valence-electron chi connectivity index (χ3n) is 4.29. The van der Waals surface area contributed by atoms with Crippen molar-refractivity contribution in [2.45, 2.75) is 77.0 Å². The molecule has 1 saturated heterocycles. The van der Waals surface area contributed by atoms with Gasteiger partial charge in [-0.2, -0.15) is 0 Å². The molecular formula is C18H29FN2. The second kappa shape index (κ2) is 6.05. The van der Waals surface area contributed by atoms with Gasteiger partial charge in [0.05, 0.1) is 0 Å². The number of halogens is 1. The van der Waals surface area contributed by atoms with Crippen molar-refractivity contribution in [1.82, 2.24) is 10.6 Å². The fraction of sp³-hybridized carbons (Fsp3) is 0.667. The Hall–Kier alpha value is -0.930. The van der Waals surface area contributed by atoms with Crippen LogP contribution < -0.4 is 10.6 Å². The van der Waals surface area contributed by atoms with Crippen molar-refractivity contribution in [1.29, 1.82) is 0 Å². The maximum atomic E-state index is 13.5. The summed E-state index contributed by atoms with van der Waals surface area (Å²) >= 11 is 0. The summed E-state index contributed by atoms with van der Waals surface area (Å²) in [5.41, 5.74) is 1.30. The summed E-state index contributed by atoms with van der Waals surface area (Å²) in [5, 5.41) is 7.46. The summed E-state index contributed by atoms with van der Waals surface area (Å²) in [5.74, 6) is -0.154. The van der Waals surface area contributed by atoms with Crippen molar-refractivity contribution in [2.24, 2.45) is 0 Å². The Balaban J connectivity index is 2.11. The van der Waals surface area contributed by atoms with Gasteiger partial charge in [-0.15, -0.1) is 0 Å². The lowest BCUT2D eigenvalue weighted by molar-refractivity contribution is 0.139. The van der Waals surface area contributed by atoms with Gasteiger partial charge in [0.1, 0.15) is 5.82 Å². The van der Waals surface area contributed by atoms with Crippen LogP contribution in [0.25, 0.3) is 0 Å². The monoisotopic (exact) mass is 292 g/mol. The Labute approximate surface area is 128 Å². The van der Waals surface area contributed by atoms with Crippen LogP contribution in [-0.2, 0) is 0 Å². The minimum absolute atomic E-state index is 0.125. The Bertz CT molecular complexity index is 466. The first kappa shape index (κ1) is 16.4. The molecular weight excluding hydrogens is 263 g/mol. The van der Waals surface area contributed by atoms with Gasteiger partial charge in [0.25, 0.3) is 0 Å². The van der Waals surface area contributed by atoms with Gasteiger partial charge in [0.2, 0.25) is 0 Å². The van der Waals surface area contributed by atoms with E-state index >= 15 is 0 Å². The van der Waals surface area contributed by atoms with Gasteiger partial charge in [-0.05, 0) is 64.7 Å². The topological polar surface area (TPSA) is 24.1 Å². The zero-order chi connectivity index (χ0) is 15.7. The molecule has 21 heavy (non-hydrogen) atoms. The third-order valence-corrected chi connectivity index (χ3v) is 4.29. The van der Waals surface area contributed by atoms with E-state index in [0.29, 0.717) is 6.04 Å². The average molecular weight is 292 g/mol. The summed E-state index contributed by atoms with van der Waals surface area (Å²) in [6.07, 6.45) is 3.14. The molecule has 2 rings (SSSR count). The highest BCUT2D eigenvalue weighted by Crippen LogP contribution is 2.30. The molecule has 0 aromatic heterocycles. The molecule has 0 amide bonds. The first-order valence-electron chi connectivity index (χ1n) is 8.02. The largest absolute Gasteiger partial charge is 0.307 e. The number of rotatable bonds is 4. The molecule has 1 heterocycles. The number of hydrogen-bond acceptors (Lipinski definition) is 2. The van der Waals surface area contributed by atoms with Crippen LogP contribution in [0.15, 0.2) is 24.3 Å². The predicted molar refractivity (Wildman–Crippen MR) is 86.9 cm³/mol. The van der Waals surface area contributed by atoms with E-state index in [1.54, 1.807) is 12.1 Å². The highest BCUT2D eigenvalue weighted by molar-refractivity contribution is 5.20. The molecule has 1 aromatic carbocycles. The van der Waals surface area contributed by atoms with Gasteiger partial charge in [-0.25, -0.2) is 4.39 Å². The van der Waals surface area contributed by atoms with Gasteiger partial charge in [-0.1, -0.05) is 19.1 Å². The van der Waals surface area contributed by atoms with Crippen molar-refractivity contribution < 1.29 is 4.39 Å². The average Bonchev–Trinajstić information content (AvgIpc) is 2.32. The summed E-state index contributed by atoms with van der Waals surface area (Å²) in [7, 11) is 0. The van der Waals surface area contributed by atoms with E-state index in [-0.39, 0.29) is 22.9 Å². The Morgan fingerprint density at radius 1 is 1.24 bits per heavy atom. The molecule has 0 aliphatic carbocycles. The van der Waals surface area contributed by atoms with E-state index in [9.17, 15) is 4.39 Å². The lowest BCUT2D eigenvalue weighted by Gasteiger charge is -2.47. The van der Waals surface area contributed by atoms with Crippen LogP contribution >= 0.6 is 0 Å². The molecule has 0 saturated carbocycles. The second-order valence-corrected chi connectivity index (χ2v) is 7.68. The normalized spacial score (nSPS) is 23.0. The number of hydrogen-bond donors (Lipinski definition) is 2. The van der Waals surface area contributed by atoms with Crippen LogP contribution in [0.5, 0.6) is 0 Å². The second-order valence-electron chi connectivity index (χ2n) is 7.68. The molecule has 0 bridgehead atoms. The van der Waals surface area contributed by atoms with Crippen LogP contribution in [0.2, 0.25) is 0 Å². The van der Waals surface area contributed by atoms with Crippen molar-refractivity contribution in [3.05, 3.63) is 35.6 Å². The Kier molecular flexibility index (Phi) is 4.74. The molecule has 3 heteroatoms. The van der Waals surface area contributed by atoms with Crippen LogP contribution in [0.1, 0.15) is 65.5 Å². The quantitative estimate of drug-likeness (QED) is 0.870. The first-order valence-corrected chi connectivity index (χ1v) is 8.02. The SMILES string of the molecule is CCC(NC1CC(C)(C)NC(C)(C)C1)c1cccc(F)c1. The van der Waals surface area contributed by atoms with E-state index in [4.69, 9.17) is 0 Å². The van der Waals surface area contributed by atoms with Crippen LogP contribution in [0, 0.1) is 5.82 Å². The zero-order valence-corrected chi connectivity index (χ0v) is 14.0. The molecule has 0 radical (unpaired) electrons. The molecule has 2 nitrogen and oxygen atoms in total. The van der Waals surface area contributed by atoms with Crippen molar-refractivity contribution in [2.75, 3.05) is 0 Å². The van der Waals surface area contributed by atoms with Gasteiger partial charge < -0.3 is 10.6 Å². The molecule has 2 N–H and O–H groups in total. The minimum atomic E-state index is -0.154. The van der Waals surface area contributed by atoms with Crippen molar-refractivity contribution >= 4 is 0 Å². The van der Waals surface area contributed by atoms with E-state index in [0.717, 1.165) is 24.8 Å². The highest BCUT2D eigenvalue weighted by atomic mass is 19.1. The van der Waals surface area contributed by atoms with E-state index in [2.05, 4.69) is 45.3 Å². The molecule has 1 atom stereocenters. The van der Waals surface area contributed by atoms with Gasteiger partial charge >= 0.3 is 0 Å². The van der Waals surface area contributed by atoms with Crippen molar-refractivity contribution in [3.8, 4) is 0 Å². The summed E-state index contributed by atoms with van der Waals surface area (Å²) in [6, 6.07) is 7.64. The molecule has 0 spiro atoms. The standard InChI is InChI=1S/C18H29FN2/c1-6-16(13-8-7-9-14(19)10-13)20-15-11-17(2,3)21-18(4,5)12-15/h7-10,15-16,20-21H,6,11-12H2,1-5H3. The van der Waals surface area contributed by atoms with Gasteiger partial charge in [0, 0.05) is 23.2 Å². The lowest BCUT2D eigenvalue weighted by atomic mass is 9.79. The number of piperidine rings is 1. The van der Waals surface area contributed by atoms with E-state index in [1.807, 2.05) is 6.07 Å². The third kappa shape index (κ3) is 4.52. The summed E-state index contributed by atoms with van der Waals surface area (Å²) in [6.45, 7) is 11.2. The summed E-state index contributed by atoms with van der Waals surface area (Å²) in [4.78, 5) is 0. The van der Waals surface area contributed by atoms with E-state index < -0.39 is 0 Å². The number of nitrogens with one attached hydrogen (secondary N) is 2. The molecule has 1 fully saturated rings. The minimum Gasteiger partial charge on any atom is -0.307 e. The van der Waals surface area contributed by atoms with Crippen LogP contribution in [-0.4, -0.2) is 17.1 Å². The van der Waals surface area contributed by atoms with Crippen LogP contribution in [0.4, 0.5) is 4.39 Å². The number of benzene rings is 1. The molecule has 1 aliphatic heterocycles. The highest BCUT2D eigenvalue weighted by Gasteiger charge is 2.38. The fourth-order valence-electron chi connectivity index (χ4n) is 3.90. The zero-order valence-electron chi connectivity index (χ0n) is 14.0. The van der Waals surface area contributed by atoms with Crippen molar-refractivity contribution in [3.63, 3.8) is 0 Å². The van der Waals surface area contributed by atoms with Gasteiger partial charge in [-0.3, -0.25) is 0 Å². The smallest absolute Gasteiger partial charge is 0.123 e. The molecule has 1 aliphatic rings. The van der Waals surface area contributed by atoms with Crippen LogP contribution in [0.3, 0.4) is 0 Å². The molecule has 1 aromatic rings. The fourth-order valence-corrected chi connectivity index (χ4v) is 3.90. The van der Waals surface area contributed by atoms with Gasteiger partial charge in [0.15, 0.2) is 0 Å². The molecule has 118 valence electrons. The Morgan fingerprint density at radius 2 is 1.86 bits per heavy atom. The maximum absolute atomic E-state index is 13.5. The molecule has 1 unspecified atom stereocenters. The predicted octanol–water partition coefficient (Wildman–Crippen LogP) is 4.18.